The van der Waals surface area contributed by atoms with Gasteiger partial charge in [0.25, 0.3) is 5.91 Å². The van der Waals surface area contributed by atoms with Crippen molar-refractivity contribution in [2.45, 2.75) is 16.4 Å². The van der Waals surface area contributed by atoms with Crippen molar-refractivity contribution in [3.8, 4) is 11.3 Å². The van der Waals surface area contributed by atoms with Crippen molar-refractivity contribution in [2.24, 2.45) is 0 Å². The number of benzene rings is 2. The van der Waals surface area contributed by atoms with Crippen LogP contribution in [-0.2, 0) is 0 Å². The summed E-state index contributed by atoms with van der Waals surface area (Å²) in [6.45, 7) is 0.499. The minimum Gasteiger partial charge on any atom is -0.393 e. The van der Waals surface area contributed by atoms with Gasteiger partial charge in [-0.15, -0.1) is 0 Å². The van der Waals surface area contributed by atoms with E-state index < -0.39 is 9.36 Å². The number of nitrogens with zero attached hydrogens (tertiary/aromatic N) is 2. The van der Waals surface area contributed by atoms with E-state index in [1.165, 1.54) is 12.1 Å². The molecule has 1 saturated heterocycles. The highest BCUT2D eigenvalue weighted by Gasteiger charge is 2.41. The number of aliphatic hydroxyl groups is 1. The summed E-state index contributed by atoms with van der Waals surface area (Å²) in [6.07, 6.45) is 1.60. The van der Waals surface area contributed by atoms with E-state index in [0.29, 0.717) is 28.9 Å². The van der Waals surface area contributed by atoms with Gasteiger partial charge in [-0.2, -0.15) is 0 Å². The first-order valence-corrected chi connectivity index (χ1v) is 10.4. The smallest absolute Gasteiger partial charge is 0.255 e. The zero-order chi connectivity index (χ0) is 19.9. The number of likely N-dealkylation sites (tertiary alicyclic amines) is 1. The largest absolute Gasteiger partial charge is 0.393 e. The SMILES string of the molecule is O=C(c1cc(-c2ccc(F)c(Cl)c2)nc2ccccc12)N1CCCC1(I)CO. The second-order valence-corrected chi connectivity index (χ2v) is 9.25. The Bertz CT molecular complexity index is 1080. The van der Waals surface area contributed by atoms with E-state index in [1.807, 2.05) is 24.3 Å². The number of carbonyl (C=O) groups is 1. The number of pyridine rings is 1. The Morgan fingerprint density at radius 1 is 1.29 bits per heavy atom. The highest BCUT2D eigenvalue weighted by atomic mass is 127. The molecular formula is C21H17ClFIN2O2. The van der Waals surface area contributed by atoms with Crippen LogP contribution >= 0.6 is 34.2 Å². The number of amides is 1. The van der Waals surface area contributed by atoms with Crippen molar-refractivity contribution in [1.82, 2.24) is 9.88 Å². The maximum absolute atomic E-state index is 13.6. The van der Waals surface area contributed by atoms with Crippen LogP contribution in [0.5, 0.6) is 0 Å². The van der Waals surface area contributed by atoms with Crippen LogP contribution in [0.25, 0.3) is 22.2 Å². The van der Waals surface area contributed by atoms with Crippen LogP contribution < -0.4 is 0 Å². The molecule has 1 aromatic heterocycles. The third-order valence-corrected chi connectivity index (χ3v) is 6.83. The molecule has 1 atom stereocenters. The van der Waals surface area contributed by atoms with Crippen molar-refractivity contribution < 1.29 is 14.3 Å². The lowest BCUT2D eigenvalue weighted by molar-refractivity contribution is 0.0657. The number of hydrogen-bond donors (Lipinski definition) is 1. The summed E-state index contributed by atoms with van der Waals surface area (Å²) in [5.41, 5.74) is 2.37. The number of halogens is 3. The number of aromatic nitrogens is 1. The average Bonchev–Trinajstić information content (AvgIpc) is 3.11. The number of alkyl halides is 1. The van der Waals surface area contributed by atoms with Gasteiger partial charge in [0, 0.05) is 17.5 Å². The Hall–Kier alpha value is -1.77. The van der Waals surface area contributed by atoms with Crippen LogP contribution in [-0.4, -0.2) is 37.6 Å². The lowest BCUT2D eigenvalue weighted by Gasteiger charge is -2.32. The van der Waals surface area contributed by atoms with Gasteiger partial charge in [-0.3, -0.25) is 4.79 Å². The first kappa shape index (κ1) is 19.5. The van der Waals surface area contributed by atoms with Crippen molar-refractivity contribution in [1.29, 1.82) is 0 Å². The first-order valence-electron chi connectivity index (χ1n) is 8.90. The van der Waals surface area contributed by atoms with Crippen LogP contribution in [0.3, 0.4) is 0 Å². The molecule has 1 aliphatic rings. The highest BCUT2D eigenvalue weighted by Crippen LogP contribution is 2.37. The first-order chi connectivity index (χ1) is 13.4. The molecule has 1 amide bonds. The summed E-state index contributed by atoms with van der Waals surface area (Å²) in [5, 5.41) is 10.6. The Morgan fingerprint density at radius 2 is 2.07 bits per heavy atom. The molecule has 0 spiro atoms. The Balaban J connectivity index is 1.87. The van der Waals surface area contributed by atoms with E-state index in [4.69, 9.17) is 11.6 Å². The van der Waals surface area contributed by atoms with Gasteiger partial charge in [0.05, 0.1) is 28.4 Å². The van der Waals surface area contributed by atoms with E-state index >= 15 is 0 Å². The second-order valence-electron chi connectivity index (χ2n) is 6.84. The zero-order valence-electron chi connectivity index (χ0n) is 14.8. The van der Waals surface area contributed by atoms with E-state index in [9.17, 15) is 14.3 Å². The third kappa shape index (κ3) is 3.38. The van der Waals surface area contributed by atoms with Gasteiger partial charge in [0.15, 0.2) is 0 Å². The molecule has 4 rings (SSSR count). The number of carbonyl (C=O) groups excluding carboxylic acids is 1. The van der Waals surface area contributed by atoms with Gasteiger partial charge in [0.1, 0.15) is 9.36 Å². The second kappa shape index (κ2) is 7.57. The van der Waals surface area contributed by atoms with E-state index in [0.717, 1.165) is 18.2 Å². The van der Waals surface area contributed by atoms with Crippen molar-refractivity contribution in [3.63, 3.8) is 0 Å². The summed E-state index contributed by atoms with van der Waals surface area (Å²) in [6, 6.07) is 13.5. The minimum absolute atomic E-state index is 0.00596. The van der Waals surface area contributed by atoms with Crippen LogP contribution in [0.15, 0.2) is 48.5 Å². The fraction of sp³-hybridized carbons (Fsp3) is 0.238. The molecule has 1 N–H and O–H groups in total. The van der Waals surface area contributed by atoms with Gasteiger partial charge in [-0.25, -0.2) is 9.37 Å². The monoisotopic (exact) mass is 510 g/mol. The molecule has 7 heteroatoms. The highest BCUT2D eigenvalue weighted by molar-refractivity contribution is 14.1. The van der Waals surface area contributed by atoms with Crippen LogP contribution in [0.1, 0.15) is 23.2 Å². The maximum atomic E-state index is 13.6. The molecule has 4 nitrogen and oxygen atoms in total. The molecule has 2 aromatic carbocycles. The molecule has 1 fully saturated rings. The molecule has 1 unspecified atom stereocenters. The number of hydrogen-bond acceptors (Lipinski definition) is 3. The van der Waals surface area contributed by atoms with Gasteiger partial charge in [-0.1, -0.05) is 52.4 Å². The van der Waals surface area contributed by atoms with E-state index in [1.54, 1.807) is 17.0 Å². The molecule has 1 aliphatic heterocycles. The predicted molar refractivity (Wildman–Crippen MR) is 116 cm³/mol. The molecule has 0 saturated carbocycles. The number of aliphatic hydroxyl groups excluding tert-OH is 1. The maximum Gasteiger partial charge on any atom is 0.255 e. The Morgan fingerprint density at radius 3 is 2.82 bits per heavy atom. The number of para-hydroxylation sites is 1. The summed E-state index contributed by atoms with van der Waals surface area (Å²) >= 11 is 8.10. The molecule has 0 aliphatic carbocycles. The third-order valence-electron chi connectivity index (χ3n) is 5.07. The molecule has 0 radical (unpaired) electrons. The predicted octanol–water partition coefficient (Wildman–Crippen LogP) is 5.05. The lowest BCUT2D eigenvalue weighted by atomic mass is 10.0. The summed E-state index contributed by atoms with van der Waals surface area (Å²) < 4.78 is 13.0. The number of rotatable bonds is 3. The molecule has 144 valence electrons. The minimum atomic E-state index is -0.599. The van der Waals surface area contributed by atoms with E-state index in [2.05, 4.69) is 27.6 Å². The van der Waals surface area contributed by atoms with Gasteiger partial charge in [0.2, 0.25) is 0 Å². The fourth-order valence-electron chi connectivity index (χ4n) is 3.59. The van der Waals surface area contributed by atoms with Crippen molar-refractivity contribution >= 4 is 51.0 Å². The molecular weight excluding hydrogens is 494 g/mol. The molecule has 28 heavy (non-hydrogen) atoms. The lowest BCUT2D eigenvalue weighted by Crippen LogP contribution is -2.45. The summed E-state index contributed by atoms with van der Waals surface area (Å²) in [4.78, 5) is 19.8. The normalized spacial score (nSPS) is 19.4. The van der Waals surface area contributed by atoms with Gasteiger partial charge in [-0.05, 0) is 43.2 Å². The van der Waals surface area contributed by atoms with Crippen molar-refractivity contribution in [3.05, 3.63) is 64.9 Å². The zero-order valence-corrected chi connectivity index (χ0v) is 17.7. The summed E-state index contributed by atoms with van der Waals surface area (Å²) in [7, 11) is 0. The molecule has 3 aromatic rings. The fourth-order valence-corrected chi connectivity index (χ4v) is 4.61. The van der Waals surface area contributed by atoms with Crippen LogP contribution in [0.2, 0.25) is 5.02 Å². The number of fused-ring (bicyclic) bond motifs is 1. The summed E-state index contributed by atoms with van der Waals surface area (Å²) in [5.74, 6) is -0.647. The van der Waals surface area contributed by atoms with Crippen LogP contribution in [0.4, 0.5) is 4.39 Å². The average molecular weight is 511 g/mol. The molecule has 0 bridgehead atoms. The Labute approximate surface area is 180 Å². The van der Waals surface area contributed by atoms with Crippen LogP contribution in [0, 0.1) is 5.82 Å². The topological polar surface area (TPSA) is 53.4 Å². The Kier molecular flexibility index (Phi) is 5.28. The van der Waals surface area contributed by atoms with Gasteiger partial charge >= 0.3 is 0 Å². The van der Waals surface area contributed by atoms with E-state index in [-0.39, 0.29) is 17.5 Å². The standard InChI is InChI=1S/C21H17ClFIN2O2/c22-16-10-13(6-7-17(16)23)19-11-15(14-4-1-2-5-18(14)25-19)20(28)26-9-3-8-21(26,24)12-27/h1-2,4-7,10-11,27H,3,8-9,12H2. The molecule has 2 heterocycles. The quantitative estimate of drug-likeness (QED) is 0.305. The van der Waals surface area contributed by atoms with Crippen molar-refractivity contribution in [2.75, 3.05) is 13.2 Å². The van der Waals surface area contributed by atoms with Gasteiger partial charge < -0.3 is 10.0 Å².